The van der Waals surface area contributed by atoms with Gasteiger partial charge in [-0.25, -0.2) is 9.97 Å². The van der Waals surface area contributed by atoms with E-state index < -0.39 is 0 Å². The van der Waals surface area contributed by atoms with Crippen molar-refractivity contribution < 1.29 is 9.90 Å². The van der Waals surface area contributed by atoms with Gasteiger partial charge < -0.3 is 15.7 Å². The zero-order valence-corrected chi connectivity index (χ0v) is 18.7. The predicted molar refractivity (Wildman–Crippen MR) is 129 cm³/mol. The number of halogens is 1. The second kappa shape index (κ2) is 9.09. The monoisotopic (exact) mass is 523 g/mol. The molecule has 0 spiro atoms. The quantitative estimate of drug-likeness (QED) is 0.313. The first kappa shape index (κ1) is 20.7. The number of anilines is 3. The van der Waals surface area contributed by atoms with Gasteiger partial charge in [-0.1, -0.05) is 6.07 Å². The number of amides is 1. The van der Waals surface area contributed by atoms with E-state index in [0.29, 0.717) is 20.8 Å². The van der Waals surface area contributed by atoms with Crippen LogP contribution in [0, 0.1) is 10.5 Å². The number of carbonyl (C=O) groups is 1. The molecule has 0 aliphatic carbocycles. The van der Waals surface area contributed by atoms with Crippen molar-refractivity contribution >= 4 is 45.8 Å². The number of phenols is 1. The van der Waals surface area contributed by atoms with E-state index in [4.69, 9.17) is 0 Å². The second-order valence-electron chi connectivity index (χ2n) is 6.78. The van der Waals surface area contributed by atoms with Gasteiger partial charge in [-0.2, -0.15) is 0 Å². The smallest absolute Gasteiger partial charge is 0.255 e. The van der Waals surface area contributed by atoms with Crippen molar-refractivity contribution in [3.05, 3.63) is 87.9 Å². The lowest BCUT2D eigenvalue weighted by atomic mass is 10.1. The lowest BCUT2D eigenvalue weighted by Crippen LogP contribution is -2.12. The topological polar surface area (TPSA) is 100 Å². The van der Waals surface area contributed by atoms with E-state index in [1.807, 2.05) is 65.9 Å². The van der Waals surface area contributed by atoms with Gasteiger partial charge >= 0.3 is 0 Å². The molecular weight excluding hydrogens is 505 g/mol. The van der Waals surface area contributed by atoms with Gasteiger partial charge in [0, 0.05) is 41.1 Å². The number of benzene rings is 2. The summed E-state index contributed by atoms with van der Waals surface area (Å²) in [7, 11) is 0. The van der Waals surface area contributed by atoms with Gasteiger partial charge in [-0.05, 0) is 83.6 Å². The largest absolute Gasteiger partial charge is 0.507 e. The van der Waals surface area contributed by atoms with Crippen molar-refractivity contribution in [3.63, 3.8) is 0 Å². The minimum atomic E-state index is -0.309. The SMILES string of the molecule is Cc1ccc(NC(=O)c2ccc(I)c(O)c2)cc1Nc1nccc(-c2cccnc2)n1. The van der Waals surface area contributed by atoms with Crippen LogP contribution in [0.2, 0.25) is 0 Å². The van der Waals surface area contributed by atoms with Gasteiger partial charge in [0.1, 0.15) is 5.75 Å². The summed E-state index contributed by atoms with van der Waals surface area (Å²) in [6.07, 6.45) is 5.14. The Morgan fingerprint density at radius 2 is 1.94 bits per heavy atom. The summed E-state index contributed by atoms with van der Waals surface area (Å²) in [5.41, 5.74) is 4.38. The first-order chi connectivity index (χ1) is 15.0. The van der Waals surface area contributed by atoms with Crippen LogP contribution in [0.1, 0.15) is 15.9 Å². The number of pyridine rings is 1. The fourth-order valence-corrected chi connectivity index (χ4v) is 3.24. The molecule has 4 aromatic rings. The van der Waals surface area contributed by atoms with Crippen LogP contribution in [0.25, 0.3) is 11.3 Å². The van der Waals surface area contributed by atoms with Gasteiger partial charge in [-0.3, -0.25) is 9.78 Å². The van der Waals surface area contributed by atoms with Crippen molar-refractivity contribution in [2.24, 2.45) is 0 Å². The molecular formula is C23H18IN5O2. The fourth-order valence-electron chi connectivity index (χ4n) is 2.91. The minimum absolute atomic E-state index is 0.0742. The third-order valence-electron chi connectivity index (χ3n) is 4.56. The van der Waals surface area contributed by atoms with E-state index >= 15 is 0 Å². The summed E-state index contributed by atoms with van der Waals surface area (Å²) in [6.45, 7) is 1.95. The average molecular weight is 523 g/mol. The third kappa shape index (κ3) is 4.97. The third-order valence-corrected chi connectivity index (χ3v) is 5.48. The number of hydrogen-bond donors (Lipinski definition) is 3. The number of aromatic nitrogens is 3. The summed E-state index contributed by atoms with van der Waals surface area (Å²) in [6, 6.07) is 16.0. The molecule has 0 saturated heterocycles. The Morgan fingerprint density at radius 1 is 1.06 bits per heavy atom. The highest BCUT2D eigenvalue weighted by Gasteiger charge is 2.11. The van der Waals surface area contributed by atoms with Crippen LogP contribution in [0.15, 0.2) is 73.2 Å². The number of aromatic hydroxyl groups is 1. The Kier molecular flexibility index (Phi) is 6.08. The molecule has 1 amide bonds. The van der Waals surface area contributed by atoms with Gasteiger partial charge in [0.05, 0.1) is 9.26 Å². The number of hydrogen-bond acceptors (Lipinski definition) is 6. The summed E-state index contributed by atoms with van der Waals surface area (Å²) in [5, 5.41) is 15.9. The fraction of sp³-hybridized carbons (Fsp3) is 0.0435. The molecule has 3 N–H and O–H groups in total. The summed E-state index contributed by atoms with van der Waals surface area (Å²) in [4.78, 5) is 25.5. The molecule has 0 radical (unpaired) electrons. The molecule has 0 fully saturated rings. The van der Waals surface area contributed by atoms with Crippen LogP contribution in [0.4, 0.5) is 17.3 Å². The molecule has 2 aromatic carbocycles. The molecule has 2 aromatic heterocycles. The molecule has 2 heterocycles. The Hall–Kier alpha value is -3.53. The number of nitrogens with zero attached hydrogens (tertiary/aromatic N) is 3. The zero-order valence-electron chi connectivity index (χ0n) is 16.5. The summed E-state index contributed by atoms with van der Waals surface area (Å²) >= 11 is 2.01. The molecule has 0 unspecified atom stereocenters. The van der Waals surface area contributed by atoms with E-state index in [-0.39, 0.29) is 11.7 Å². The first-order valence-corrected chi connectivity index (χ1v) is 10.5. The highest BCUT2D eigenvalue weighted by Crippen LogP contribution is 2.25. The molecule has 0 bridgehead atoms. The maximum absolute atomic E-state index is 12.6. The molecule has 0 aliphatic heterocycles. The number of phenolic OH excluding ortho intramolecular Hbond substituents is 1. The van der Waals surface area contributed by atoms with E-state index in [2.05, 4.69) is 25.6 Å². The standard InChI is InChI=1S/C23H18IN5O2/c1-14-4-6-17(27-22(31)15-5-7-18(24)21(30)11-15)12-20(14)29-23-26-10-8-19(28-23)16-3-2-9-25-13-16/h2-13,30H,1H3,(H,27,31)(H,26,28,29). The maximum atomic E-state index is 12.6. The number of nitrogens with one attached hydrogen (secondary N) is 2. The van der Waals surface area contributed by atoms with Crippen LogP contribution in [-0.2, 0) is 0 Å². The lowest BCUT2D eigenvalue weighted by Gasteiger charge is -2.12. The van der Waals surface area contributed by atoms with Crippen LogP contribution < -0.4 is 10.6 Å². The van der Waals surface area contributed by atoms with Gasteiger partial charge in [-0.15, -0.1) is 0 Å². The van der Waals surface area contributed by atoms with E-state index in [1.54, 1.807) is 30.7 Å². The number of carbonyl (C=O) groups excluding carboxylic acids is 1. The molecule has 7 nitrogen and oxygen atoms in total. The molecule has 0 saturated carbocycles. The highest BCUT2D eigenvalue weighted by atomic mass is 127. The van der Waals surface area contributed by atoms with Crippen LogP contribution in [0.5, 0.6) is 5.75 Å². The highest BCUT2D eigenvalue weighted by molar-refractivity contribution is 14.1. The zero-order chi connectivity index (χ0) is 21.8. The Balaban J connectivity index is 1.54. The van der Waals surface area contributed by atoms with E-state index in [9.17, 15) is 9.90 Å². The van der Waals surface area contributed by atoms with Gasteiger partial charge in [0.2, 0.25) is 5.95 Å². The van der Waals surface area contributed by atoms with Crippen molar-refractivity contribution in [1.29, 1.82) is 0 Å². The van der Waals surface area contributed by atoms with Crippen molar-refractivity contribution in [2.45, 2.75) is 6.92 Å². The molecule has 0 aliphatic rings. The van der Waals surface area contributed by atoms with Crippen LogP contribution in [0.3, 0.4) is 0 Å². The maximum Gasteiger partial charge on any atom is 0.255 e. The van der Waals surface area contributed by atoms with E-state index in [0.717, 1.165) is 22.5 Å². The van der Waals surface area contributed by atoms with Crippen LogP contribution >= 0.6 is 22.6 Å². The second-order valence-corrected chi connectivity index (χ2v) is 7.94. The van der Waals surface area contributed by atoms with Crippen LogP contribution in [-0.4, -0.2) is 26.0 Å². The van der Waals surface area contributed by atoms with E-state index in [1.165, 1.54) is 6.07 Å². The molecule has 4 rings (SSSR count). The summed E-state index contributed by atoms with van der Waals surface area (Å²) < 4.78 is 0.685. The normalized spacial score (nSPS) is 10.5. The Bertz CT molecular complexity index is 1250. The van der Waals surface area contributed by atoms with Crippen molar-refractivity contribution in [1.82, 2.24) is 15.0 Å². The van der Waals surface area contributed by atoms with Crippen molar-refractivity contribution in [2.75, 3.05) is 10.6 Å². The molecule has 0 atom stereocenters. The molecule has 8 heteroatoms. The number of rotatable bonds is 5. The minimum Gasteiger partial charge on any atom is -0.507 e. The van der Waals surface area contributed by atoms with Gasteiger partial charge in [0.25, 0.3) is 5.91 Å². The Labute approximate surface area is 192 Å². The molecule has 154 valence electrons. The first-order valence-electron chi connectivity index (χ1n) is 9.40. The van der Waals surface area contributed by atoms with Gasteiger partial charge in [0.15, 0.2) is 0 Å². The summed E-state index contributed by atoms with van der Waals surface area (Å²) in [5.74, 6) is 0.206. The lowest BCUT2D eigenvalue weighted by molar-refractivity contribution is 0.102. The predicted octanol–water partition coefficient (Wildman–Crippen LogP) is 5.15. The number of aryl methyl sites for hydroxylation is 1. The Morgan fingerprint density at radius 3 is 2.71 bits per heavy atom. The van der Waals surface area contributed by atoms with Crippen molar-refractivity contribution in [3.8, 4) is 17.0 Å². The average Bonchev–Trinajstić information content (AvgIpc) is 2.78. The molecule has 31 heavy (non-hydrogen) atoms.